The first-order valence-corrected chi connectivity index (χ1v) is 7.71. The number of thioether (sulfide) groups is 1. The smallest absolute Gasteiger partial charge is 0.164 e. The Kier molecular flexibility index (Phi) is 6.44. The fourth-order valence-corrected chi connectivity index (χ4v) is 2.43. The molecule has 1 aromatic rings. The third-order valence-corrected chi connectivity index (χ3v) is 3.53. The Hall–Kier alpha value is -0.800. The monoisotopic (exact) mass is 265 g/mol. The first kappa shape index (κ1) is 15.3. The van der Waals surface area contributed by atoms with Crippen LogP contribution in [-0.4, -0.2) is 42.8 Å². The highest BCUT2D eigenvalue weighted by molar-refractivity contribution is 7.98. The van der Waals surface area contributed by atoms with E-state index in [2.05, 4.69) is 24.3 Å². The van der Waals surface area contributed by atoms with E-state index >= 15 is 0 Å². The number of Topliss-reactive ketones (excluding diaryl/α,β-unsaturated/α-hetero) is 1. The van der Waals surface area contributed by atoms with Crippen molar-refractivity contribution in [3.8, 4) is 0 Å². The van der Waals surface area contributed by atoms with Crippen LogP contribution in [-0.2, 0) is 0 Å². The third kappa shape index (κ3) is 5.23. The molecule has 1 rings (SSSR count). The molecule has 2 nitrogen and oxygen atoms in total. The van der Waals surface area contributed by atoms with E-state index in [1.165, 1.54) is 0 Å². The van der Waals surface area contributed by atoms with Gasteiger partial charge in [-0.05, 0) is 39.3 Å². The van der Waals surface area contributed by atoms with Crippen molar-refractivity contribution in [2.75, 3.05) is 32.1 Å². The number of ketones is 1. The maximum Gasteiger partial charge on any atom is 0.164 e. The molecule has 0 spiro atoms. The largest absolute Gasteiger partial charge is 0.305 e. The molecule has 1 aromatic carbocycles. The number of rotatable bonds is 7. The van der Waals surface area contributed by atoms with Gasteiger partial charge in [-0.25, -0.2) is 0 Å². The van der Waals surface area contributed by atoms with E-state index in [0.29, 0.717) is 6.42 Å². The molecule has 0 atom stereocenters. The first-order chi connectivity index (χ1) is 8.52. The van der Waals surface area contributed by atoms with Gasteiger partial charge in [-0.1, -0.05) is 17.2 Å². The van der Waals surface area contributed by atoms with E-state index in [4.69, 9.17) is 0 Å². The lowest BCUT2D eigenvalue weighted by Gasteiger charge is -2.15. The van der Waals surface area contributed by atoms with Crippen LogP contribution in [0.15, 0.2) is 18.2 Å². The van der Waals surface area contributed by atoms with Gasteiger partial charge < -0.3 is 4.90 Å². The van der Waals surface area contributed by atoms with E-state index < -0.39 is 0 Å². The second-order valence-electron chi connectivity index (χ2n) is 4.85. The van der Waals surface area contributed by atoms with Crippen LogP contribution in [0.4, 0.5) is 0 Å². The molecule has 18 heavy (non-hydrogen) atoms. The lowest BCUT2D eigenvalue weighted by atomic mass is 10.0. The molecule has 0 saturated carbocycles. The number of carbonyl (C=O) groups is 1. The number of benzene rings is 1. The molecule has 0 aliphatic rings. The molecule has 100 valence electrons. The topological polar surface area (TPSA) is 20.3 Å². The summed E-state index contributed by atoms with van der Waals surface area (Å²) in [5.41, 5.74) is 3.17. The van der Waals surface area contributed by atoms with Gasteiger partial charge in [0.15, 0.2) is 5.78 Å². The van der Waals surface area contributed by atoms with Crippen molar-refractivity contribution < 1.29 is 4.79 Å². The van der Waals surface area contributed by atoms with Gasteiger partial charge in [-0.3, -0.25) is 4.79 Å². The van der Waals surface area contributed by atoms with Crippen molar-refractivity contribution in [2.24, 2.45) is 0 Å². The molecule has 0 fully saturated rings. The van der Waals surface area contributed by atoms with Gasteiger partial charge in [0.2, 0.25) is 0 Å². The maximum atomic E-state index is 12.1. The predicted octanol–water partition coefficient (Wildman–Crippen LogP) is 3.17. The summed E-state index contributed by atoms with van der Waals surface area (Å²) in [7, 11) is 2.07. The fraction of sp³-hybridized carbons (Fsp3) is 0.533. The quantitative estimate of drug-likeness (QED) is 0.706. The lowest BCUT2D eigenvalue weighted by Crippen LogP contribution is -2.24. The highest BCUT2D eigenvalue weighted by Crippen LogP contribution is 2.11. The second kappa shape index (κ2) is 7.59. The van der Waals surface area contributed by atoms with Gasteiger partial charge in [0.05, 0.1) is 0 Å². The molecule has 0 aromatic heterocycles. The second-order valence-corrected chi connectivity index (χ2v) is 5.83. The van der Waals surface area contributed by atoms with Gasteiger partial charge >= 0.3 is 0 Å². The first-order valence-electron chi connectivity index (χ1n) is 6.32. The van der Waals surface area contributed by atoms with E-state index in [0.717, 1.165) is 35.5 Å². The van der Waals surface area contributed by atoms with Gasteiger partial charge in [-0.15, -0.1) is 0 Å². The molecule has 0 radical (unpaired) electrons. The Morgan fingerprint density at radius 3 is 2.33 bits per heavy atom. The molecule has 0 aliphatic heterocycles. The van der Waals surface area contributed by atoms with Crippen LogP contribution in [0, 0.1) is 13.8 Å². The average molecular weight is 265 g/mol. The van der Waals surface area contributed by atoms with Crippen molar-refractivity contribution in [3.63, 3.8) is 0 Å². The Morgan fingerprint density at radius 2 is 1.78 bits per heavy atom. The Morgan fingerprint density at radius 1 is 1.17 bits per heavy atom. The summed E-state index contributed by atoms with van der Waals surface area (Å²) in [6, 6.07) is 6.07. The molecule has 0 bridgehead atoms. The zero-order valence-corrected chi connectivity index (χ0v) is 12.6. The van der Waals surface area contributed by atoms with Crippen molar-refractivity contribution in [1.29, 1.82) is 0 Å². The van der Waals surface area contributed by atoms with Crippen LogP contribution in [0.2, 0.25) is 0 Å². The summed E-state index contributed by atoms with van der Waals surface area (Å²) < 4.78 is 0. The molecule has 0 aliphatic carbocycles. The molecular weight excluding hydrogens is 242 g/mol. The van der Waals surface area contributed by atoms with Crippen LogP contribution in [0.1, 0.15) is 27.9 Å². The fourth-order valence-electron chi connectivity index (χ4n) is 1.93. The summed E-state index contributed by atoms with van der Waals surface area (Å²) in [5, 5.41) is 0. The van der Waals surface area contributed by atoms with Crippen LogP contribution in [0.5, 0.6) is 0 Å². The average Bonchev–Trinajstić information content (AvgIpc) is 2.32. The van der Waals surface area contributed by atoms with E-state index in [-0.39, 0.29) is 5.78 Å². The molecular formula is C15H23NOS. The maximum absolute atomic E-state index is 12.1. The highest BCUT2D eigenvalue weighted by Gasteiger charge is 2.08. The molecule has 0 saturated heterocycles. The number of hydrogen-bond acceptors (Lipinski definition) is 3. The number of hydrogen-bond donors (Lipinski definition) is 0. The van der Waals surface area contributed by atoms with Crippen LogP contribution < -0.4 is 0 Å². The van der Waals surface area contributed by atoms with E-state index in [9.17, 15) is 4.79 Å². The summed E-state index contributed by atoms with van der Waals surface area (Å²) >= 11 is 1.84. The molecule has 0 heterocycles. The highest BCUT2D eigenvalue weighted by atomic mass is 32.2. The Labute approximate surface area is 115 Å². The van der Waals surface area contributed by atoms with Gasteiger partial charge in [0, 0.05) is 30.8 Å². The number of aryl methyl sites for hydroxylation is 2. The lowest BCUT2D eigenvalue weighted by molar-refractivity contribution is 0.0970. The predicted molar refractivity (Wildman–Crippen MR) is 80.7 cm³/mol. The van der Waals surface area contributed by atoms with Crippen LogP contribution >= 0.6 is 11.8 Å². The molecule has 0 N–H and O–H groups in total. The summed E-state index contributed by atoms with van der Waals surface area (Å²) in [6.07, 6.45) is 2.71. The van der Waals surface area contributed by atoms with Gasteiger partial charge in [-0.2, -0.15) is 11.8 Å². The zero-order chi connectivity index (χ0) is 13.5. The van der Waals surface area contributed by atoms with Gasteiger partial charge in [0.1, 0.15) is 0 Å². The third-order valence-electron chi connectivity index (χ3n) is 2.94. The van der Waals surface area contributed by atoms with Crippen molar-refractivity contribution in [1.82, 2.24) is 4.90 Å². The molecule has 0 unspecified atom stereocenters. The normalized spacial score (nSPS) is 10.9. The summed E-state index contributed by atoms with van der Waals surface area (Å²) in [4.78, 5) is 14.3. The minimum Gasteiger partial charge on any atom is -0.305 e. The Bertz CT molecular complexity index is 383. The molecule has 0 amide bonds. The number of nitrogens with zero attached hydrogens (tertiary/aromatic N) is 1. The van der Waals surface area contributed by atoms with E-state index in [1.54, 1.807) is 0 Å². The zero-order valence-electron chi connectivity index (χ0n) is 11.8. The number of carbonyl (C=O) groups excluding carboxylic acids is 1. The summed E-state index contributed by atoms with van der Waals surface area (Å²) in [5.74, 6) is 1.37. The van der Waals surface area contributed by atoms with Gasteiger partial charge in [0.25, 0.3) is 0 Å². The Balaban J connectivity index is 2.50. The minimum absolute atomic E-state index is 0.248. The minimum atomic E-state index is 0.248. The SMILES string of the molecule is CSCCN(C)CCC(=O)c1cc(C)cc(C)c1. The van der Waals surface area contributed by atoms with Crippen LogP contribution in [0.25, 0.3) is 0 Å². The van der Waals surface area contributed by atoms with Crippen LogP contribution in [0.3, 0.4) is 0 Å². The van der Waals surface area contributed by atoms with E-state index in [1.807, 2.05) is 37.7 Å². The standard InChI is InChI=1S/C15H23NOS/c1-12-9-13(2)11-14(10-12)15(17)5-6-16(3)7-8-18-4/h9-11H,5-8H2,1-4H3. The summed E-state index contributed by atoms with van der Waals surface area (Å²) in [6.45, 7) is 5.95. The molecule has 3 heteroatoms. The van der Waals surface area contributed by atoms with Crippen molar-refractivity contribution >= 4 is 17.5 Å². The van der Waals surface area contributed by atoms with Crippen molar-refractivity contribution in [2.45, 2.75) is 20.3 Å². The van der Waals surface area contributed by atoms with Crippen molar-refractivity contribution in [3.05, 3.63) is 34.9 Å².